The molecule has 0 spiro atoms. The van der Waals surface area contributed by atoms with Gasteiger partial charge in [-0.1, -0.05) is 43.0 Å². The van der Waals surface area contributed by atoms with Gasteiger partial charge in [0.2, 0.25) is 5.91 Å². The van der Waals surface area contributed by atoms with Gasteiger partial charge in [0.05, 0.1) is 0 Å². The van der Waals surface area contributed by atoms with Crippen molar-refractivity contribution >= 4 is 29.1 Å². The molecule has 0 bridgehead atoms. The summed E-state index contributed by atoms with van der Waals surface area (Å²) in [4.78, 5) is 46.1. The Hall–Kier alpha value is -4.25. The average molecular weight is 735 g/mol. The maximum atomic E-state index is 14.0. The van der Waals surface area contributed by atoms with E-state index in [-0.39, 0.29) is 36.0 Å². The molecule has 17 heteroatoms. The van der Waals surface area contributed by atoms with E-state index < -0.39 is 23.9 Å². The number of hydrogen-bond acceptors (Lipinski definition) is 8. The summed E-state index contributed by atoms with van der Waals surface area (Å²) in [6.45, 7) is 5.11. The van der Waals surface area contributed by atoms with Crippen LogP contribution in [-0.4, -0.2) is 91.1 Å². The number of aromatic hydroxyl groups is 1. The number of phenols is 1. The van der Waals surface area contributed by atoms with Crippen LogP contribution in [0.4, 0.5) is 36.4 Å². The van der Waals surface area contributed by atoms with Crippen LogP contribution in [0.5, 0.6) is 11.5 Å². The third-order valence-electron chi connectivity index (χ3n) is 8.27. The lowest BCUT2D eigenvalue weighted by Crippen LogP contribution is -2.45. The topological polar surface area (TPSA) is 137 Å². The number of rotatable bonds is 14. The van der Waals surface area contributed by atoms with E-state index in [1.807, 2.05) is 19.1 Å². The van der Waals surface area contributed by atoms with E-state index in [1.165, 1.54) is 12.5 Å². The van der Waals surface area contributed by atoms with Crippen LogP contribution >= 0.6 is 0 Å². The highest BCUT2D eigenvalue weighted by atomic mass is 19.4. The van der Waals surface area contributed by atoms with Gasteiger partial charge in [0, 0.05) is 32.1 Å². The molecule has 2 amide bonds. The molecule has 0 saturated heterocycles. The van der Waals surface area contributed by atoms with Crippen molar-refractivity contribution < 1.29 is 59.8 Å². The summed E-state index contributed by atoms with van der Waals surface area (Å²) in [6, 6.07) is 8.83. The van der Waals surface area contributed by atoms with Gasteiger partial charge in [-0.3, -0.25) is 19.2 Å². The van der Waals surface area contributed by atoms with Crippen molar-refractivity contribution in [3.8, 4) is 11.5 Å². The molecule has 1 aliphatic carbocycles. The third kappa shape index (κ3) is 12.8. The van der Waals surface area contributed by atoms with Crippen LogP contribution in [-0.2, 0) is 32.0 Å². The molecule has 2 aromatic rings. The van der Waals surface area contributed by atoms with Gasteiger partial charge in [-0.05, 0) is 69.0 Å². The number of nitrogens with one attached hydrogen (secondary N) is 3. The number of halogens is 7. The Bertz CT molecular complexity index is 1500. The first-order chi connectivity index (χ1) is 24.0. The number of Topliss-reactive ketones (excluding diaryl/α,β-unsaturated/α-hetero) is 2. The molecule has 51 heavy (non-hydrogen) atoms. The monoisotopic (exact) mass is 734 g/mol. The summed E-state index contributed by atoms with van der Waals surface area (Å²) in [5.41, 5.74) is 2.98. The van der Waals surface area contributed by atoms with Crippen molar-refractivity contribution in [2.75, 3.05) is 44.6 Å². The van der Waals surface area contributed by atoms with Crippen molar-refractivity contribution in [1.29, 1.82) is 0 Å². The lowest BCUT2D eigenvalue weighted by Gasteiger charge is -2.34. The highest BCUT2D eigenvalue weighted by molar-refractivity contribution is 6.41. The number of carbonyl (C=O) groups is 4. The van der Waals surface area contributed by atoms with E-state index in [9.17, 15) is 55.0 Å². The van der Waals surface area contributed by atoms with Gasteiger partial charge >= 0.3 is 23.9 Å². The molecule has 2 aliphatic rings. The van der Waals surface area contributed by atoms with Gasteiger partial charge in [-0.25, -0.2) is 4.39 Å². The lowest BCUT2D eigenvalue weighted by atomic mass is 9.94. The van der Waals surface area contributed by atoms with Crippen molar-refractivity contribution in [2.24, 2.45) is 0 Å². The van der Waals surface area contributed by atoms with Gasteiger partial charge in [0.1, 0.15) is 17.3 Å². The number of alkyl halides is 6. The molecular formula is C34H41F7N4O6. The Morgan fingerprint density at radius 1 is 0.882 bits per heavy atom. The zero-order valence-electron chi connectivity index (χ0n) is 27.9. The van der Waals surface area contributed by atoms with Crippen LogP contribution in [0.2, 0.25) is 0 Å². The molecule has 0 aromatic heterocycles. The van der Waals surface area contributed by atoms with Crippen molar-refractivity contribution in [2.45, 2.75) is 76.7 Å². The fourth-order valence-corrected chi connectivity index (χ4v) is 5.70. The number of aryl methyl sites for hydroxylation is 1. The van der Waals surface area contributed by atoms with Gasteiger partial charge in [-0.2, -0.15) is 26.3 Å². The van der Waals surface area contributed by atoms with Gasteiger partial charge < -0.3 is 30.7 Å². The molecule has 0 radical (unpaired) electrons. The summed E-state index contributed by atoms with van der Waals surface area (Å²) in [5.74, 6) is -6.60. The average Bonchev–Trinajstić information content (AvgIpc) is 3.07. The highest BCUT2D eigenvalue weighted by Crippen LogP contribution is 2.39. The lowest BCUT2D eigenvalue weighted by molar-refractivity contribution is -0.193. The summed E-state index contributed by atoms with van der Waals surface area (Å²) >= 11 is 0. The maximum absolute atomic E-state index is 14.0. The number of ketones is 2. The quantitative estimate of drug-likeness (QED) is 0.0929. The van der Waals surface area contributed by atoms with Gasteiger partial charge in [0.15, 0.2) is 12.4 Å². The predicted molar refractivity (Wildman–Crippen MR) is 172 cm³/mol. The molecule has 4 rings (SSSR count). The van der Waals surface area contributed by atoms with Crippen LogP contribution in [0.25, 0.3) is 0 Å². The molecule has 1 saturated carbocycles. The second-order valence-electron chi connectivity index (χ2n) is 12.2. The van der Waals surface area contributed by atoms with Crippen molar-refractivity contribution in [1.82, 2.24) is 15.5 Å². The molecule has 282 valence electrons. The minimum Gasteiger partial charge on any atom is -0.506 e. The predicted octanol–water partition coefficient (Wildman–Crippen LogP) is 4.94. The summed E-state index contributed by atoms with van der Waals surface area (Å²) in [5, 5.41) is 19.5. The Balaban J connectivity index is 0.000000501. The van der Waals surface area contributed by atoms with E-state index in [1.54, 1.807) is 12.1 Å². The molecule has 1 fully saturated rings. The Labute approximate surface area is 290 Å². The Morgan fingerprint density at radius 3 is 2.12 bits per heavy atom. The van der Waals surface area contributed by atoms with Crippen LogP contribution in [0, 0.1) is 12.7 Å². The minimum absolute atomic E-state index is 0.00629. The van der Waals surface area contributed by atoms with E-state index >= 15 is 0 Å². The molecule has 10 nitrogen and oxygen atoms in total. The smallest absolute Gasteiger partial charge is 0.458 e. The number of phenolic OH excluding ortho intramolecular Hbond substituents is 1. The molecular weight excluding hydrogens is 693 g/mol. The zero-order chi connectivity index (χ0) is 37.8. The van der Waals surface area contributed by atoms with E-state index in [0.29, 0.717) is 69.0 Å². The van der Waals surface area contributed by atoms with E-state index in [4.69, 9.17) is 4.74 Å². The summed E-state index contributed by atoms with van der Waals surface area (Å²) in [6.07, 6.45) is -4.21. The molecule has 0 unspecified atom stereocenters. The summed E-state index contributed by atoms with van der Waals surface area (Å²) in [7, 11) is 0. The SMILES string of the molecule is Cc1ccc(F)c(CCNCCC(=O)N(CCNCCc2ccc(O)c3c2OCC(=O)N3)C2CCCCC2)c1.O=C(C(=O)C(F)(F)F)C(F)(F)F. The normalized spacial score (nSPS) is 14.8. The summed E-state index contributed by atoms with van der Waals surface area (Å²) < 4.78 is 86.5. The number of carbonyl (C=O) groups excluding carboxylic acids is 4. The number of amides is 2. The fourth-order valence-electron chi connectivity index (χ4n) is 5.70. The van der Waals surface area contributed by atoms with E-state index in [0.717, 1.165) is 36.8 Å². The molecule has 1 heterocycles. The first kappa shape index (κ1) is 41.2. The number of benzene rings is 2. The third-order valence-corrected chi connectivity index (χ3v) is 8.27. The number of hydrogen-bond donors (Lipinski definition) is 4. The van der Waals surface area contributed by atoms with Crippen LogP contribution in [0.3, 0.4) is 0 Å². The molecule has 2 aromatic carbocycles. The second kappa shape index (κ2) is 18.8. The first-order valence-corrected chi connectivity index (χ1v) is 16.4. The minimum atomic E-state index is -5.77. The number of nitrogens with zero attached hydrogens (tertiary/aromatic N) is 1. The standard InChI is InChI=1S/C30H41FN4O4.C4F6O2/c1-21-7-9-25(31)23(19-21)12-15-32-16-13-28(38)35(24-5-3-2-4-6-24)18-17-33-14-11-22-8-10-26(36)29-30(22)39-20-27(37)34-29;5-3(6,7)1(11)2(12)4(8,9)10/h7-10,19,24,32-33,36H,2-6,11-18,20H2,1H3,(H,34,37);. The highest BCUT2D eigenvalue weighted by Gasteiger charge is 2.54. The largest absolute Gasteiger partial charge is 0.506 e. The van der Waals surface area contributed by atoms with Gasteiger partial charge in [-0.15, -0.1) is 0 Å². The fraction of sp³-hybridized carbons (Fsp3) is 0.529. The van der Waals surface area contributed by atoms with E-state index in [2.05, 4.69) is 20.9 Å². The Morgan fingerprint density at radius 2 is 1.49 bits per heavy atom. The zero-order valence-corrected chi connectivity index (χ0v) is 27.9. The molecule has 0 atom stereocenters. The Kier molecular flexibility index (Phi) is 15.2. The van der Waals surface area contributed by atoms with Crippen molar-refractivity contribution in [3.05, 3.63) is 52.8 Å². The number of anilines is 1. The first-order valence-electron chi connectivity index (χ1n) is 16.4. The number of fused-ring (bicyclic) bond motifs is 1. The van der Waals surface area contributed by atoms with Gasteiger partial charge in [0.25, 0.3) is 5.91 Å². The number of ether oxygens (including phenoxy) is 1. The molecule has 4 N–H and O–H groups in total. The van der Waals surface area contributed by atoms with Crippen LogP contribution < -0.4 is 20.7 Å². The second-order valence-corrected chi connectivity index (χ2v) is 12.2. The van der Waals surface area contributed by atoms with Crippen LogP contribution in [0.15, 0.2) is 30.3 Å². The van der Waals surface area contributed by atoms with Crippen molar-refractivity contribution in [3.63, 3.8) is 0 Å². The molecule has 1 aliphatic heterocycles. The maximum Gasteiger partial charge on any atom is 0.458 e. The van der Waals surface area contributed by atoms with Crippen LogP contribution in [0.1, 0.15) is 55.2 Å².